The Bertz CT molecular complexity index is 888. The van der Waals surface area contributed by atoms with Crippen molar-refractivity contribution in [3.63, 3.8) is 0 Å². The third kappa shape index (κ3) is 3.29. The van der Waals surface area contributed by atoms with Crippen LogP contribution in [0.15, 0.2) is 42.5 Å². The number of ether oxygens (including phenoxy) is 1. The predicted octanol–water partition coefficient (Wildman–Crippen LogP) is 3.14. The molecule has 1 saturated heterocycles. The van der Waals surface area contributed by atoms with E-state index in [-0.39, 0.29) is 23.5 Å². The van der Waals surface area contributed by atoms with Crippen LogP contribution in [-0.4, -0.2) is 28.5 Å². The molecule has 10 heteroatoms. The number of nitrogens with zero attached hydrogens (tertiary/aromatic N) is 2. The number of carbonyl (C=O) groups excluding carboxylic acids is 2. The summed E-state index contributed by atoms with van der Waals surface area (Å²) in [6, 6.07) is 6.09. The number of urea groups is 1. The van der Waals surface area contributed by atoms with E-state index in [4.69, 9.17) is 4.74 Å². The number of amides is 3. The van der Waals surface area contributed by atoms with Crippen LogP contribution < -0.4 is 10.1 Å². The van der Waals surface area contributed by atoms with E-state index in [1.165, 1.54) is 18.2 Å². The summed E-state index contributed by atoms with van der Waals surface area (Å²) >= 11 is 0. The first-order valence-electron chi connectivity index (χ1n) is 7.35. The first-order chi connectivity index (χ1) is 12.4. The molecule has 3 amide bonds. The van der Waals surface area contributed by atoms with E-state index in [1.807, 2.05) is 0 Å². The molecule has 1 aliphatic heterocycles. The molecule has 134 valence electrons. The largest absolute Gasteiger partial charge is 0.424 e. The van der Waals surface area contributed by atoms with Crippen LogP contribution in [-0.2, 0) is 0 Å². The molecule has 26 heavy (non-hydrogen) atoms. The van der Waals surface area contributed by atoms with Crippen molar-refractivity contribution in [2.45, 2.75) is 6.04 Å². The Morgan fingerprint density at radius 3 is 2.50 bits per heavy atom. The van der Waals surface area contributed by atoms with Crippen molar-refractivity contribution in [3.8, 4) is 5.75 Å². The summed E-state index contributed by atoms with van der Waals surface area (Å²) in [5.74, 6) is -2.17. The average molecular weight is 363 g/mol. The zero-order valence-corrected chi connectivity index (χ0v) is 13.0. The van der Waals surface area contributed by atoms with Gasteiger partial charge in [0.05, 0.1) is 11.0 Å². The number of non-ortho nitro benzene ring substituents is 1. The van der Waals surface area contributed by atoms with E-state index in [0.29, 0.717) is 0 Å². The van der Waals surface area contributed by atoms with Crippen LogP contribution >= 0.6 is 0 Å². The van der Waals surface area contributed by atoms with Crippen LogP contribution in [0.2, 0.25) is 0 Å². The third-order valence-electron chi connectivity index (χ3n) is 3.75. The number of halogens is 2. The van der Waals surface area contributed by atoms with Gasteiger partial charge in [-0.1, -0.05) is 6.07 Å². The topological polar surface area (TPSA) is 102 Å². The first kappa shape index (κ1) is 17.3. The first-order valence-corrected chi connectivity index (χ1v) is 7.35. The molecule has 2 aromatic carbocycles. The van der Waals surface area contributed by atoms with Gasteiger partial charge in [0.15, 0.2) is 11.6 Å². The van der Waals surface area contributed by atoms with Gasteiger partial charge in [-0.15, -0.1) is 0 Å². The highest BCUT2D eigenvalue weighted by atomic mass is 19.2. The van der Waals surface area contributed by atoms with Gasteiger partial charge in [0.25, 0.3) is 5.69 Å². The fourth-order valence-electron chi connectivity index (χ4n) is 2.48. The number of nitrogens with one attached hydrogen (secondary N) is 1. The number of nitro benzene ring substituents is 1. The van der Waals surface area contributed by atoms with Crippen LogP contribution in [0.4, 0.5) is 24.1 Å². The number of nitro groups is 1. The minimum atomic E-state index is -1.11. The van der Waals surface area contributed by atoms with Gasteiger partial charge < -0.3 is 10.1 Å². The van der Waals surface area contributed by atoms with Gasteiger partial charge in [0.1, 0.15) is 5.75 Å². The lowest BCUT2D eigenvalue weighted by atomic mass is 10.1. The number of rotatable bonds is 3. The number of carbonyl (C=O) groups is 2. The summed E-state index contributed by atoms with van der Waals surface area (Å²) in [7, 11) is 0. The molecule has 1 unspecified atom stereocenters. The Morgan fingerprint density at radius 2 is 1.88 bits per heavy atom. The summed E-state index contributed by atoms with van der Waals surface area (Å²) in [4.78, 5) is 35.0. The molecule has 3 rings (SSSR count). The normalized spacial score (nSPS) is 16.3. The molecule has 2 aromatic rings. The van der Waals surface area contributed by atoms with E-state index < -0.39 is 34.7 Å². The second kappa shape index (κ2) is 6.75. The minimum Gasteiger partial charge on any atom is -0.410 e. The van der Waals surface area contributed by atoms with Crippen molar-refractivity contribution in [2.24, 2.45) is 0 Å². The second-order valence-corrected chi connectivity index (χ2v) is 5.36. The highest BCUT2D eigenvalue weighted by molar-refractivity contribution is 5.94. The van der Waals surface area contributed by atoms with E-state index in [9.17, 15) is 28.5 Å². The highest BCUT2D eigenvalue weighted by Gasteiger charge is 2.38. The Kier molecular flexibility index (Phi) is 4.48. The SMILES string of the molecule is O=C1NCC(c2ccc(F)c(F)c2)N1C(=O)Oc1ccc([N+](=O)[O-])cc1. The quantitative estimate of drug-likeness (QED) is 0.667. The summed E-state index contributed by atoms with van der Waals surface area (Å²) in [6.07, 6.45) is -1.05. The van der Waals surface area contributed by atoms with Crippen LogP contribution in [0.3, 0.4) is 0 Å². The lowest BCUT2D eigenvalue weighted by Gasteiger charge is -2.21. The molecule has 0 spiro atoms. The molecular weight excluding hydrogens is 352 g/mol. The lowest BCUT2D eigenvalue weighted by molar-refractivity contribution is -0.384. The van der Waals surface area contributed by atoms with Gasteiger partial charge >= 0.3 is 12.1 Å². The van der Waals surface area contributed by atoms with E-state index in [0.717, 1.165) is 29.2 Å². The summed E-state index contributed by atoms with van der Waals surface area (Å²) in [5, 5.41) is 13.0. The van der Waals surface area contributed by atoms with Crippen molar-refractivity contribution in [1.29, 1.82) is 0 Å². The van der Waals surface area contributed by atoms with Crippen molar-refractivity contribution < 1.29 is 28.0 Å². The molecular formula is C16H11F2N3O5. The molecule has 1 N–H and O–H groups in total. The lowest BCUT2D eigenvalue weighted by Crippen LogP contribution is -2.38. The van der Waals surface area contributed by atoms with Gasteiger partial charge in [-0.3, -0.25) is 10.1 Å². The summed E-state index contributed by atoms with van der Waals surface area (Å²) in [5.41, 5.74) is 0.0197. The molecule has 0 radical (unpaired) electrons. The molecule has 1 fully saturated rings. The van der Waals surface area contributed by atoms with Gasteiger partial charge in [-0.05, 0) is 29.8 Å². The van der Waals surface area contributed by atoms with Crippen molar-refractivity contribution in [2.75, 3.05) is 6.54 Å². The number of imide groups is 1. The Hall–Kier alpha value is -3.56. The van der Waals surface area contributed by atoms with Crippen LogP contribution in [0.5, 0.6) is 5.75 Å². The standard InChI is InChI=1S/C16H11F2N3O5/c17-12-6-1-9(7-13(12)18)14-8-19-15(22)20(14)16(23)26-11-4-2-10(3-5-11)21(24)25/h1-7,14H,8H2,(H,19,22). The number of hydrogen-bond acceptors (Lipinski definition) is 5. The Labute approximate surface area is 145 Å². The Morgan fingerprint density at radius 1 is 1.19 bits per heavy atom. The van der Waals surface area contributed by atoms with E-state index >= 15 is 0 Å². The monoisotopic (exact) mass is 363 g/mol. The maximum atomic E-state index is 13.4. The molecule has 0 aromatic heterocycles. The van der Waals surface area contributed by atoms with Crippen LogP contribution in [0, 0.1) is 21.7 Å². The predicted molar refractivity (Wildman–Crippen MR) is 83.5 cm³/mol. The number of hydrogen-bond donors (Lipinski definition) is 1. The van der Waals surface area contributed by atoms with E-state index in [2.05, 4.69) is 5.32 Å². The molecule has 1 heterocycles. The molecule has 8 nitrogen and oxygen atoms in total. The molecule has 0 aliphatic carbocycles. The third-order valence-corrected chi connectivity index (χ3v) is 3.75. The van der Waals surface area contributed by atoms with Gasteiger partial charge in [0.2, 0.25) is 0 Å². The fourth-order valence-corrected chi connectivity index (χ4v) is 2.48. The summed E-state index contributed by atoms with van der Waals surface area (Å²) < 4.78 is 31.6. The van der Waals surface area contributed by atoms with E-state index in [1.54, 1.807) is 0 Å². The van der Waals surface area contributed by atoms with Crippen molar-refractivity contribution in [1.82, 2.24) is 10.2 Å². The number of benzene rings is 2. The van der Waals surface area contributed by atoms with Crippen molar-refractivity contribution in [3.05, 3.63) is 69.8 Å². The zero-order chi connectivity index (χ0) is 18.8. The molecule has 1 aliphatic rings. The average Bonchev–Trinajstić information content (AvgIpc) is 2.99. The van der Waals surface area contributed by atoms with Crippen molar-refractivity contribution >= 4 is 17.8 Å². The molecule has 0 bridgehead atoms. The molecule has 0 saturated carbocycles. The fraction of sp³-hybridized carbons (Fsp3) is 0.125. The zero-order valence-electron chi connectivity index (χ0n) is 13.0. The maximum Gasteiger partial charge on any atom is 0.424 e. The smallest absolute Gasteiger partial charge is 0.410 e. The van der Waals surface area contributed by atoms with Gasteiger partial charge in [-0.2, -0.15) is 0 Å². The second-order valence-electron chi connectivity index (χ2n) is 5.36. The maximum absolute atomic E-state index is 13.4. The van der Waals surface area contributed by atoms with Crippen LogP contribution in [0.25, 0.3) is 0 Å². The molecule has 1 atom stereocenters. The minimum absolute atomic E-state index is 0.000727. The van der Waals surface area contributed by atoms with Gasteiger partial charge in [0, 0.05) is 18.7 Å². The van der Waals surface area contributed by atoms with Crippen LogP contribution in [0.1, 0.15) is 11.6 Å². The Balaban J connectivity index is 1.80. The van der Waals surface area contributed by atoms with Gasteiger partial charge in [-0.25, -0.2) is 23.3 Å². The summed E-state index contributed by atoms with van der Waals surface area (Å²) in [6.45, 7) is -0.000727. The highest BCUT2D eigenvalue weighted by Crippen LogP contribution is 2.27.